The number of rotatable bonds is 4. The van der Waals surface area contributed by atoms with Crippen LogP contribution in [0, 0.1) is 0 Å². The number of ketones is 1. The van der Waals surface area contributed by atoms with Crippen LogP contribution in [0.4, 0.5) is 0 Å². The predicted molar refractivity (Wildman–Crippen MR) is 65.9 cm³/mol. The number of carbonyl (C=O) groups is 1. The van der Waals surface area contributed by atoms with E-state index in [4.69, 9.17) is 0 Å². The number of thiophene rings is 1. The van der Waals surface area contributed by atoms with Crippen LogP contribution in [0.3, 0.4) is 0 Å². The van der Waals surface area contributed by atoms with Crippen LogP contribution in [0.1, 0.15) is 9.67 Å². The van der Waals surface area contributed by atoms with E-state index in [0.29, 0.717) is 0 Å². The van der Waals surface area contributed by atoms with Gasteiger partial charge in [-0.25, -0.2) is 0 Å². The molecule has 0 aliphatic rings. The third kappa shape index (κ3) is 3.23. The molecule has 1 heterocycles. The van der Waals surface area contributed by atoms with E-state index in [1.807, 2.05) is 17.5 Å². The minimum atomic E-state index is -1.21. The highest BCUT2D eigenvalue weighted by Crippen LogP contribution is 2.20. The average Bonchev–Trinajstić information content (AvgIpc) is 2.51. The van der Waals surface area contributed by atoms with Gasteiger partial charge in [0.15, 0.2) is 5.78 Å². The average molecular weight is 224 g/mol. The zero-order valence-electron chi connectivity index (χ0n) is 8.96. The van der Waals surface area contributed by atoms with Crippen molar-refractivity contribution >= 4 is 25.2 Å². The predicted octanol–water partition coefficient (Wildman–Crippen LogP) is 3.83. The van der Waals surface area contributed by atoms with Gasteiger partial charge in [-0.05, 0) is 23.1 Å². The molecule has 0 aliphatic carbocycles. The van der Waals surface area contributed by atoms with Gasteiger partial charge in [-0.15, -0.1) is 11.3 Å². The van der Waals surface area contributed by atoms with E-state index in [1.165, 1.54) is 11.3 Å². The van der Waals surface area contributed by atoms with Crippen LogP contribution in [0.25, 0.3) is 0 Å². The molecule has 0 aromatic carbocycles. The summed E-state index contributed by atoms with van der Waals surface area (Å²) in [6.07, 6.45) is 0. The van der Waals surface area contributed by atoms with Crippen molar-refractivity contribution in [1.29, 1.82) is 0 Å². The Labute approximate surface area is 90.5 Å². The Bertz CT molecular complexity index is 333. The Kier molecular flexibility index (Phi) is 3.45. The van der Waals surface area contributed by atoms with Crippen molar-refractivity contribution in [2.45, 2.75) is 25.7 Å². The van der Waals surface area contributed by atoms with Gasteiger partial charge < -0.3 is 0 Å². The molecular weight excluding hydrogens is 208 g/mol. The topological polar surface area (TPSA) is 17.1 Å². The quantitative estimate of drug-likeness (QED) is 0.431. The van der Waals surface area contributed by atoms with Crippen LogP contribution in [0.5, 0.6) is 0 Å². The highest BCUT2D eigenvalue weighted by molar-refractivity contribution is 7.12. The summed E-state index contributed by atoms with van der Waals surface area (Å²) < 4.78 is 0. The van der Waals surface area contributed by atoms with Crippen LogP contribution in [-0.2, 0) is 0 Å². The molecule has 76 valence electrons. The monoisotopic (exact) mass is 224 g/mol. The van der Waals surface area contributed by atoms with Crippen molar-refractivity contribution in [2.24, 2.45) is 0 Å². The largest absolute Gasteiger partial charge is 0.288 e. The molecule has 0 bridgehead atoms. The third-order valence-electron chi connectivity index (χ3n) is 1.81. The standard InChI is InChI=1S/C11H16OSSi/c1-9(8-14(2,3)4)11(12)10-6-5-7-13-10/h5-7H,1,8H2,2-4H3. The van der Waals surface area contributed by atoms with E-state index >= 15 is 0 Å². The number of Topliss-reactive ketones (excluding diaryl/α,β-unsaturated/α-hetero) is 1. The lowest BCUT2D eigenvalue weighted by Gasteiger charge is -2.16. The molecule has 0 N–H and O–H groups in total. The molecule has 14 heavy (non-hydrogen) atoms. The minimum absolute atomic E-state index is 0.127. The smallest absolute Gasteiger partial charge is 0.198 e. The molecule has 0 saturated carbocycles. The Hall–Kier alpha value is -0.673. The Morgan fingerprint density at radius 3 is 2.57 bits per heavy atom. The molecule has 0 saturated heterocycles. The molecule has 0 unspecified atom stereocenters. The molecule has 0 spiro atoms. The van der Waals surface area contributed by atoms with Crippen molar-refractivity contribution in [3.8, 4) is 0 Å². The maximum absolute atomic E-state index is 11.8. The fourth-order valence-corrected chi connectivity index (χ4v) is 3.46. The highest BCUT2D eigenvalue weighted by Gasteiger charge is 2.19. The van der Waals surface area contributed by atoms with E-state index in [0.717, 1.165) is 16.5 Å². The maximum atomic E-state index is 11.8. The van der Waals surface area contributed by atoms with Gasteiger partial charge in [-0.2, -0.15) is 0 Å². The first-order valence-electron chi connectivity index (χ1n) is 4.66. The zero-order valence-corrected chi connectivity index (χ0v) is 10.8. The van der Waals surface area contributed by atoms with E-state index in [9.17, 15) is 4.79 Å². The molecule has 1 rings (SSSR count). The van der Waals surface area contributed by atoms with Gasteiger partial charge in [0, 0.05) is 8.07 Å². The molecule has 1 nitrogen and oxygen atoms in total. The number of allylic oxidation sites excluding steroid dienone is 1. The van der Waals surface area contributed by atoms with Gasteiger partial charge in [-0.3, -0.25) is 4.79 Å². The van der Waals surface area contributed by atoms with Crippen molar-refractivity contribution in [3.63, 3.8) is 0 Å². The third-order valence-corrected chi connectivity index (χ3v) is 4.17. The van der Waals surface area contributed by atoms with Gasteiger partial charge in [0.05, 0.1) is 4.88 Å². The van der Waals surface area contributed by atoms with Gasteiger partial charge in [0.2, 0.25) is 0 Å². The molecule has 0 amide bonds. The van der Waals surface area contributed by atoms with Crippen LogP contribution < -0.4 is 0 Å². The second-order valence-corrected chi connectivity index (χ2v) is 11.1. The van der Waals surface area contributed by atoms with Gasteiger partial charge in [0.25, 0.3) is 0 Å². The fourth-order valence-electron chi connectivity index (χ4n) is 1.30. The van der Waals surface area contributed by atoms with E-state index in [-0.39, 0.29) is 5.78 Å². The normalized spacial score (nSPS) is 11.4. The van der Waals surface area contributed by atoms with E-state index in [2.05, 4.69) is 26.2 Å². The molecule has 0 fully saturated rings. The summed E-state index contributed by atoms with van der Waals surface area (Å²) in [7, 11) is -1.21. The highest BCUT2D eigenvalue weighted by atomic mass is 32.1. The molecular formula is C11H16OSSi. The lowest BCUT2D eigenvalue weighted by Crippen LogP contribution is -2.21. The molecule has 1 aromatic heterocycles. The maximum Gasteiger partial charge on any atom is 0.198 e. The Morgan fingerprint density at radius 1 is 1.50 bits per heavy atom. The zero-order chi connectivity index (χ0) is 10.8. The second kappa shape index (κ2) is 4.23. The van der Waals surface area contributed by atoms with Crippen molar-refractivity contribution < 1.29 is 4.79 Å². The molecule has 0 atom stereocenters. The first-order chi connectivity index (χ1) is 6.40. The van der Waals surface area contributed by atoms with Crippen LogP contribution in [0.15, 0.2) is 29.7 Å². The molecule has 3 heteroatoms. The number of carbonyl (C=O) groups excluding carboxylic acids is 1. The SMILES string of the molecule is C=C(C[Si](C)(C)C)C(=O)c1cccs1. The molecule has 0 aliphatic heterocycles. The van der Waals surface area contributed by atoms with Gasteiger partial charge in [-0.1, -0.05) is 32.3 Å². The van der Waals surface area contributed by atoms with Gasteiger partial charge >= 0.3 is 0 Å². The first kappa shape index (κ1) is 11.4. The summed E-state index contributed by atoms with van der Waals surface area (Å²) in [5.41, 5.74) is 0.770. The summed E-state index contributed by atoms with van der Waals surface area (Å²) >= 11 is 1.49. The summed E-state index contributed by atoms with van der Waals surface area (Å²) in [4.78, 5) is 12.6. The van der Waals surface area contributed by atoms with Crippen LogP contribution in [-0.4, -0.2) is 13.9 Å². The number of hydrogen-bond donors (Lipinski definition) is 0. The lowest BCUT2D eigenvalue weighted by molar-refractivity contribution is 0.103. The summed E-state index contributed by atoms with van der Waals surface area (Å²) in [6.45, 7) is 10.6. The summed E-state index contributed by atoms with van der Waals surface area (Å²) in [6, 6.07) is 4.66. The van der Waals surface area contributed by atoms with Gasteiger partial charge in [0.1, 0.15) is 0 Å². The summed E-state index contributed by atoms with van der Waals surface area (Å²) in [5, 5.41) is 1.93. The Balaban J connectivity index is 2.68. The van der Waals surface area contributed by atoms with E-state index in [1.54, 1.807) is 0 Å². The lowest BCUT2D eigenvalue weighted by atomic mass is 10.2. The fraction of sp³-hybridized carbons (Fsp3) is 0.364. The van der Waals surface area contributed by atoms with Crippen molar-refractivity contribution in [1.82, 2.24) is 0 Å². The minimum Gasteiger partial charge on any atom is -0.288 e. The molecule has 0 radical (unpaired) electrons. The number of hydrogen-bond acceptors (Lipinski definition) is 2. The second-order valence-electron chi connectivity index (χ2n) is 4.65. The van der Waals surface area contributed by atoms with Crippen LogP contribution >= 0.6 is 11.3 Å². The first-order valence-corrected chi connectivity index (χ1v) is 9.25. The van der Waals surface area contributed by atoms with Crippen molar-refractivity contribution in [2.75, 3.05) is 0 Å². The van der Waals surface area contributed by atoms with E-state index < -0.39 is 8.07 Å². The van der Waals surface area contributed by atoms with Crippen molar-refractivity contribution in [3.05, 3.63) is 34.5 Å². The molecule has 1 aromatic rings. The Morgan fingerprint density at radius 2 is 2.14 bits per heavy atom. The van der Waals surface area contributed by atoms with Crippen LogP contribution in [0.2, 0.25) is 25.7 Å². The summed E-state index contributed by atoms with van der Waals surface area (Å²) in [5.74, 6) is 0.127.